The molecule has 84 valence electrons. The zero-order valence-electron chi connectivity index (χ0n) is 10.1. The van der Waals surface area contributed by atoms with Crippen molar-refractivity contribution in [2.75, 3.05) is 6.54 Å². The van der Waals surface area contributed by atoms with Crippen LogP contribution in [-0.4, -0.2) is 12.6 Å². The van der Waals surface area contributed by atoms with Gasteiger partial charge in [-0.2, -0.15) is 0 Å². The molecule has 2 unspecified atom stereocenters. The van der Waals surface area contributed by atoms with Crippen LogP contribution in [0.25, 0.3) is 0 Å². The van der Waals surface area contributed by atoms with Crippen LogP contribution >= 0.6 is 0 Å². The van der Waals surface area contributed by atoms with Crippen molar-refractivity contribution < 1.29 is 4.42 Å². The van der Waals surface area contributed by atoms with Crippen LogP contribution in [0.3, 0.4) is 0 Å². The summed E-state index contributed by atoms with van der Waals surface area (Å²) >= 11 is 0. The Kier molecular flexibility index (Phi) is 2.63. The van der Waals surface area contributed by atoms with Crippen LogP contribution in [0.4, 0.5) is 0 Å². The molecule has 0 aromatic carbocycles. The minimum atomic E-state index is 0.288. The predicted octanol–water partition coefficient (Wildman–Crippen LogP) is 2.86. The SMILES string of the molecule is Cc1ccc(C2(C)CC2CNC(C)C)o1. The minimum absolute atomic E-state index is 0.288. The highest BCUT2D eigenvalue weighted by Gasteiger charge is 2.53. The van der Waals surface area contributed by atoms with Gasteiger partial charge in [0.2, 0.25) is 0 Å². The van der Waals surface area contributed by atoms with E-state index in [4.69, 9.17) is 4.42 Å². The third kappa shape index (κ3) is 2.10. The Morgan fingerprint density at radius 2 is 2.27 bits per heavy atom. The summed E-state index contributed by atoms with van der Waals surface area (Å²) in [5, 5.41) is 3.50. The van der Waals surface area contributed by atoms with E-state index >= 15 is 0 Å². The smallest absolute Gasteiger partial charge is 0.110 e. The van der Waals surface area contributed by atoms with Gasteiger partial charge in [-0.15, -0.1) is 0 Å². The first-order chi connectivity index (χ1) is 7.02. The van der Waals surface area contributed by atoms with E-state index in [9.17, 15) is 0 Å². The summed E-state index contributed by atoms with van der Waals surface area (Å²) in [4.78, 5) is 0. The quantitative estimate of drug-likeness (QED) is 0.821. The van der Waals surface area contributed by atoms with Crippen molar-refractivity contribution in [2.24, 2.45) is 5.92 Å². The molecule has 0 saturated heterocycles. The Balaban J connectivity index is 1.95. The third-order valence-electron chi connectivity index (χ3n) is 3.49. The molecule has 1 fully saturated rings. The van der Waals surface area contributed by atoms with Crippen molar-refractivity contribution >= 4 is 0 Å². The fraction of sp³-hybridized carbons (Fsp3) is 0.692. The molecule has 1 aliphatic carbocycles. The Morgan fingerprint density at radius 3 is 2.80 bits per heavy atom. The van der Waals surface area contributed by atoms with Crippen LogP contribution in [0, 0.1) is 12.8 Å². The Bertz CT molecular complexity index is 342. The highest BCUT2D eigenvalue weighted by Crippen LogP contribution is 2.53. The van der Waals surface area contributed by atoms with Gasteiger partial charge in [-0.3, -0.25) is 0 Å². The molecule has 1 N–H and O–H groups in total. The average molecular weight is 207 g/mol. The molecule has 0 bridgehead atoms. The molecule has 0 amide bonds. The Hall–Kier alpha value is -0.760. The topological polar surface area (TPSA) is 25.2 Å². The monoisotopic (exact) mass is 207 g/mol. The lowest BCUT2D eigenvalue weighted by Gasteiger charge is -2.11. The normalized spacial score (nSPS) is 29.8. The Labute approximate surface area is 92.1 Å². The summed E-state index contributed by atoms with van der Waals surface area (Å²) in [6.07, 6.45) is 1.25. The molecule has 0 radical (unpaired) electrons. The summed E-state index contributed by atoms with van der Waals surface area (Å²) < 4.78 is 5.72. The van der Waals surface area contributed by atoms with Gasteiger partial charge in [-0.1, -0.05) is 20.8 Å². The van der Waals surface area contributed by atoms with Crippen molar-refractivity contribution in [1.82, 2.24) is 5.32 Å². The summed E-state index contributed by atoms with van der Waals surface area (Å²) in [7, 11) is 0. The van der Waals surface area contributed by atoms with E-state index in [2.05, 4.69) is 38.2 Å². The van der Waals surface area contributed by atoms with Gasteiger partial charge < -0.3 is 9.73 Å². The third-order valence-corrected chi connectivity index (χ3v) is 3.49. The van der Waals surface area contributed by atoms with Crippen LogP contribution in [0.15, 0.2) is 16.5 Å². The second-order valence-corrected chi connectivity index (χ2v) is 5.29. The molecule has 0 aliphatic heterocycles. The number of nitrogens with one attached hydrogen (secondary N) is 1. The van der Waals surface area contributed by atoms with Crippen LogP contribution in [0.1, 0.15) is 38.7 Å². The van der Waals surface area contributed by atoms with Crippen LogP contribution in [-0.2, 0) is 5.41 Å². The molecule has 1 heterocycles. The molecule has 2 rings (SSSR count). The predicted molar refractivity (Wildman–Crippen MR) is 62.0 cm³/mol. The molecular formula is C13H21NO. The van der Waals surface area contributed by atoms with Crippen molar-refractivity contribution in [1.29, 1.82) is 0 Å². The fourth-order valence-electron chi connectivity index (χ4n) is 2.17. The Morgan fingerprint density at radius 1 is 1.53 bits per heavy atom. The molecule has 0 spiro atoms. The number of furan rings is 1. The van der Waals surface area contributed by atoms with E-state index in [1.54, 1.807) is 0 Å². The van der Waals surface area contributed by atoms with Gasteiger partial charge in [0.05, 0.1) is 0 Å². The van der Waals surface area contributed by atoms with Crippen LogP contribution in [0.2, 0.25) is 0 Å². The number of hydrogen-bond acceptors (Lipinski definition) is 2. The first-order valence-electron chi connectivity index (χ1n) is 5.82. The number of hydrogen-bond donors (Lipinski definition) is 1. The van der Waals surface area contributed by atoms with E-state index in [1.807, 2.05) is 6.92 Å². The highest BCUT2D eigenvalue weighted by molar-refractivity contribution is 5.25. The fourth-order valence-corrected chi connectivity index (χ4v) is 2.17. The number of rotatable bonds is 4. The molecule has 2 heteroatoms. The highest BCUT2D eigenvalue weighted by atomic mass is 16.3. The summed E-state index contributed by atoms with van der Waals surface area (Å²) in [5.41, 5.74) is 0.288. The zero-order chi connectivity index (χ0) is 11.1. The van der Waals surface area contributed by atoms with Gasteiger partial charge in [0.15, 0.2) is 0 Å². The van der Waals surface area contributed by atoms with Crippen molar-refractivity contribution in [3.05, 3.63) is 23.7 Å². The first-order valence-corrected chi connectivity index (χ1v) is 5.82. The maximum atomic E-state index is 5.72. The minimum Gasteiger partial charge on any atom is -0.466 e. The van der Waals surface area contributed by atoms with Gasteiger partial charge in [0.25, 0.3) is 0 Å². The summed E-state index contributed by atoms with van der Waals surface area (Å²) in [6, 6.07) is 4.77. The summed E-state index contributed by atoms with van der Waals surface area (Å²) in [5.74, 6) is 2.93. The molecule has 15 heavy (non-hydrogen) atoms. The molecule has 2 nitrogen and oxygen atoms in total. The zero-order valence-corrected chi connectivity index (χ0v) is 10.1. The average Bonchev–Trinajstić information content (AvgIpc) is 2.60. The van der Waals surface area contributed by atoms with E-state index < -0.39 is 0 Å². The van der Waals surface area contributed by atoms with Gasteiger partial charge in [0, 0.05) is 11.5 Å². The molecule has 1 aromatic rings. The van der Waals surface area contributed by atoms with Crippen molar-refractivity contribution in [3.8, 4) is 0 Å². The van der Waals surface area contributed by atoms with Gasteiger partial charge in [-0.25, -0.2) is 0 Å². The largest absolute Gasteiger partial charge is 0.466 e. The molecule has 2 atom stereocenters. The lowest BCUT2D eigenvalue weighted by atomic mass is 10.0. The van der Waals surface area contributed by atoms with E-state index in [0.717, 1.165) is 24.0 Å². The molecule has 1 aliphatic rings. The summed E-state index contributed by atoms with van der Waals surface area (Å²) in [6.45, 7) is 9.80. The van der Waals surface area contributed by atoms with Crippen LogP contribution in [0.5, 0.6) is 0 Å². The maximum Gasteiger partial charge on any atom is 0.110 e. The van der Waals surface area contributed by atoms with Gasteiger partial charge >= 0.3 is 0 Å². The van der Waals surface area contributed by atoms with Crippen LogP contribution < -0.4 is 5.32 Å². The first kappa shape index (κ1) is 10.7. The van der Waals surface area contributed by atoms with Crippen molar-refractivity contribution in [3.63, 3.8) is 0 Å². The van der Waals surface area contributed by atoms with E-state index in [1.165, 1.54) is 6.42 Å². The number of aryl methyl sites for hydroxylation is 1. The lowest BCUT2D eigenvalue weighted by molar-refractivity contribution is 0.421. The van der Waals surface area contributed by atoms with Crippen molar-refractivity contribution in [2.45, 2.75) is 45.6 Å². The second-order valence-electron chi connectivity index (χ2n) is 5.29. The molecular weight excluding hydrogens is 186 g/mol. The maximum absolute atomic E-state index is 5.72. The molecule has 1 saturated carbocycles. The van der Waals surface area contributed by atoms with Gasteiger partial charge in [0.1, 0.15) is 11.5 Å². The lowest BCUT2D eigenvalue weighted by Crippen LogP contribution is -2.26. The van der Waals surface area contributed by atoms with Gasteiger partial charge in [-0.05, 0) is 37.9 Å². The standard InChI is InChI=1S/C13H21NO/c1-9(2)14-8-11-7-13(11,4)12-6-5-10(3)15-12/h5-6,9,11,14H,7-8H2,1-4H3. The molecule has 1 aromatic heterocycles. The second kappa shape index (κ2) is 3.67. The van der Waals surface area contributed by atoms with E-state index in [0.29, 0.717) is 6.04 Å². The van der Waals surface area contributed by atoms with E-state index in [-0.39, 0.29) is 5.41 Å².